The first kappa shape index (κ1) is 28.1. The number of likely N-dealkylation sites (tertiary alicyclic amines) is 1. The van der Waals surface area contributed by atoms with E-state index in [1.54, 1.807) is 19.1 Å². The standard InChI is InChI=1S/C27H30F3N5O4S/c1-18-24(40(36,37)34-25-11-12-31-17-32-25)9-10-26(33-18)38-23-8-7-20(16-22(23)35-13-2-3-14-35)19-5-4-6-21(15-19)39-27(28,29)30/h4-6,9-12,15,17,20,22-23H,2-3,7-8,13-14,16H2,1H3,(H,31,32,34). The van der Waals surface area contributed by atoms with Crippen LogP contribution in [0.5, 0.6) is 11.6 Å². The van der Waals surface area contributed by atoms with E-state index in [0.717, 1.165) is 37.9 Å². The number of rotatable bonds is 8. The highest BCUT2D eigenvalue weighted by atomic mass is 32.2. The number of sulfonamides is 1. The van der Waals surface area contributed by atoms with Crippen LogP contribution in [0.15, 0.2) is 59.9 Å². The number of benzene rings is 1. The SMILES string of the molecule is Cc1nc(OC2CCC(c3cccc(OC(F)(F)F)c3)CC2N2CCCC2)ccc1S(=O)(=O)Nc1ccncn1. The zero-order valence-corrected chi connectivity index (χ0v) is 22.7. The quantitative estimate of drug-likeness (QED) is 0.396. The number of halogens is 3. The third-order valence-corrected chi connectivity index (χ3v) is 8.81. The van der Waals surface area contributed by atoms with Crippen LogP contribution in [0.4, 0.5) is 19.0 Å². The minimum Gasteiger partial charge on any atom is -0.473 e. The molecule has 2 fully saturated rings. The van der Waals surface area contributed by atoms with Gasteiger partial charge >= 0.3 is 6.36 Å². The molecule has 1 aliphatic heterocycles. The second-order valence-electron chi connectivity index (χ2n) is 10.0. The van der Waals surface area contributed by atoms with Gasteiger partial charge in [-0.1, -0.05) is 12.1 Å². The van der Waals surface area contributed by atoms with Gasteiger partial charge in [0, 0.05) is 18.3 Å². The summed E-state index contributed by atoms with van der Waals surface area (Å²) in [6, 6.07) is 10.7. The molecule has 9 nitrogen and oxygen atoms in total. The summed E-state index contributed by atoms with van der Waals surface area (Å²) in [4.78, 5) is 14.5. The Bertz CT molecular complexity index is 1420. The third-order valence-electron chi connectivity index (χ3n) is 7.32. The fourth-order valence-corrected chi connectivity index (χ4v) is 6.74. The molecule has 214 valence electrons. The zero-order valence-electron chi connectivity index (χ0n) is 21.8. The first-order chi connectivity index (χ1) is 19.1. The molecule has 0 radical (unpaired) electrons. The average molecular weight is 578 g/mol. The Morgan fingerprint density at radius 3 is 2.58 bits per heavy atom. The van der Waals surface area contributed by atoms with Crippen LogP contribution in [0.2, 0.25) is 0 Å². The van der Waals surface area contributed by atoms with Gasteiger partial charge in [-0.15, -0.1) is 13.2 Å². The Morgan fingerprint density at radius 1 is 1.07 bits per heavy atom. The van der Waals surface area contributed by atoms with Gasteiger partial charge in [0.15, 0.2) is 0 Å². The maximum absolute atomic E-state index is 12.9. The number of nitrogens with zero attached hydrogens (tertiary/aromatic N) is 4. The maximum Gasteiger partial charge on any atom is 0.573 e. The van der Waals surface area contributed by atoms with Gasteiger partial charge in [-0.2, -0.15) is 0 Å². The molecule has 1 aromatic carbocycles. The first-order valence-corrected chi connectivity index (χ1v) is 14.6. The Balaban J connectivity index is 1.31. The van der Waals surface area contributed by atoms with Crippen molar-refractivity contribution in [2.45, 2.75) is 68.3 Å². The molecule has 3 atom stereocenters. The minimum absolute atomic E-state index is 0.0132. The summed E-state index contributed by atoms with van der Waals surface area (Å²) in [5.41, 5.74) is 1.09. The van der Waals surface area contributed by atoms with Gasteiger partial charge in [0.25, 0.3) is 10.0 Å². The second-order valence-corrected chi connectivity index (χ2v) is 11.7. The summed E-state index contributed by atoms with van der Waals surface area (Å²) in [7, 11) is -3.92. The van der Waals surface area contributed by atoms with Crippen LogP contribution in [0, 0.1) is 6.92 Å². The van der Waals surface area contributed by atoms with Crippen LogP contribution < -0.4 is 14.2 Å². The number of aromatic nitrogens is 3. The van der Waals surface area contributed by atoms with Crippen LogP contribution >= 0.6 is 0 Å². The second kappa shape index (κ2) is 11.6. The molecule has 5 rings (SSSR count). The van der Waals surface area contributed by atoms with E-state index in [2.05, 4.69) is 29.3 Å². The molecule has 1 N–H and O–H groups in total. The number of nitrogens with one attached hydrogen (secondary N) is 1. The van der Waals surface area contributed by atoms with Crippen molar-refractivity contribution in [3.05, 3.63) is 66.2 Å². The Morgan fingerprint density at radius 2 is 1.88 bits per heavy atom. The van der Waals surface area contributed by atoms with E-state index >= 15 is 0 Å². The molecule has 1 saturated carbocycles. The Labute approximate surface area is 230 Å². The molecule has 0 spiro atoms. The molecule has 3 heterocycles. The number of ether oxygens (including phenoxy) is 2. The van der Waals surface area contributed by atoms with E-state index in [9.17, 15) is 21.6 Å². The van der Waals surface area contributed by atoms with E-state index in [-0.39, 0.29) is 40.2 Å². The van der Waals surface area contributed by atoms with E-state index in [1.165, 1.54) is 36.8 Å². The summed E-state index contributed by atoms with van der Waals surface area (Å²) in [6.45, 7) is 3.45. The molecule has 0 bridgehead atoms. The summed E-state index contributed by atoms with van der Waals surface area (Å²) in [6.07, 6.45) is 2.01. The van der Waals surface area contributed by atoms with E-state index < -0.39 is 16.4 Å². The van der Waals surface area contributed by atoms with Crippen LogP contribution in [-0.2, 0) is 10.0 Å². The van der Waals surface area contributed by atoms with Crippen LogP contribution in [0.3, 0.4) is 0 Å². The van der Waals surface area contributed by atoms with E-state index in [4.69, 9.17) is 4.74 Å². The van der Waals surface area contributed by atoms with Gasteiger partial charge in [0.2, 0.25) is 5.88 Å². The molecule has 2 aliphatic rings. The monoisotopic (exact) mass is 577 g/mol. The van der Waals surface area contributed by atoms with Crippen molar-refractivity contribution >= 4 is 15.8 Å². The molecule has 1 aliphatic carbocycles. The lowest BCUT2D eigenvalue weighted by molar-refractivity contribution is -0.274. The predicted molar refractivity (Wildman–Crippen MR) is 141 cm³/mol. The number of alkyl halides is 3. The van der Waals surface area contributed by atoms with Crippen molar-refractivity contribution in [2.24, 2.45) is 0 Å². The smallest absolute Gasteiger partial charge is 0.473 e. The highest BCUT2D eigenvalue weighted by Gasteiger charge is 2.38. The summed E-state index contributed by atoms with van der Waals surface area (Å²) in [5, 5.41) is 0. The minimum atomic E-state index is -4.74. The van der Waals surface area contributed by atoms with E-state index in [0.29, 0.717) is 18.7 Å². The predicted octanol–water partition coefficient (Wildman–Crippen LogP) is 5.06. The highest BCUT2D eigenvalue weighted by molar-refractivity contribution is 7.92. The summed E-state index contributed by atoms with van der Waals surface area (Å²) in [5.74, 6) is 0.310. The van der Waals surface area contributed by atoms with Gasteiger partial charge in [0.1, 0.15) is 28.9 Å². The molecule has 2 aromatic heterocycles. The van der Waals surface area contributed by atoms with Gasteiger partial charge in [-0.05, 0) is 87.9 Å². The largest absolute Gasteiger partial charge is 0.573 e. The summed E-state index contributed by atoms with van der Waals surface area (Å²) >= 11 is 0. The van der Waals surface area contributed by atoms with E-state index in [1.807, 2.05) is 6.07 Å². The maximum atomic E-state index is 12.9. The lowest BCUT2D eigenvalue weighted by atomic mass is 9.79. The van der Waals surface area contributed by atoms with Gasteiger partial charge in [0.05, 0.1) is 5.69 Å². The van der Waals surface area contributed by atoms with Crippen LogP contribution in [-0.4, -0.2) is 59.9 Å². The van der Waals surface area contributed by atoms with Gasteiger partial charge < -0.3 is 9.47 Å². The van der Waals surface area contributed by atoms with Crippen molar-refractivity contribution in [1.82, 2.24) is 19.9 Å². The Hall–Kier alpha value is -3.45. The number of pyridine rings is 1. The molecule has 3 aromatic rings. The lowest BCUT2D eigenvalue weighted by Crippen LogP contribution is -2.48. The molecule has 1 saturated heterocycles. The van der Waals surface area contributed by atoms with Crippen molar-refractivity contribution in [3.8, 4) is 11.6 Å². The summed E-state index contributed by atoms with van der Waals surface area (Å²) < 4.78 is 77.0. The van der Waals surface area contributed by atoms with Crippen LogP contribution in [0.25, 0.3) is 0 Å². The number of aryl methyl sites for hydroxylation is 1. The molecule has 0 amide bonds. The number of anilines is 1. The van der Waals surface area contributed by atoms with Gasteiger partial charge in [-0.25, -0.2) is 23.4 Å². The molecular weight excluding hydrogens is 547 g/mol. The highest BCUT2D eigenvalue weighted by Crippen LogP contribution is 2.39. The molecular formula is C27H30F3N5O4S. The number of hydrogen-bond donors (Lipinski definition) is 1. The fraction of sp³-hybridized carbons (Fsp3) is 0.444. The number of hydrogen-bond acceptors (Lipinski definition) is 8. The average Bonchev–Trinajstić information content (AvgIpc) is 3.43. The zero-order chi connectivity index (χ0) is 28.3. The fourth-order valence-electron chi connectivity index (χ4n) is 5.56. The van der Waals surface area contributed by atoms with Crippen molar-refractivity contribution < 1.29 is 31.1 Å². The first-order valence-electron chi connectivity index (χ1n) is 13.1. The molecule has 13 heteroatoms. The van der Waals surface area contributed by atoms with Gasteiger partial charge in [-0.3, -0.25) is 9.62 Å². The topological polar surface area (TPSA) is 107 Å². The molecule has 40 heavy (non-hydrogen) atoms. The van der Waals surface area contributed by atoms with Crippen molar-refractivity contribution in [3.63, 3.8) is 0 Å². The van der Waals surface area contributed by atoms with Crippen molar-refractivity contribution in [1.29, 1.82) is 0 Å². The normalized spacial score (nSPS) is 22.1. The lowest BCUT2D eigenvalue weighted by Gasteiger charge is -2.41. The third kappa shape index (κ3) is 6.81. The Kier molecular flexibility index (Phi) is 8.13. The van der Waals surface area contributed by atoms with Crippen LogP contribution in [0.1, 0.15) is 49.3 Å². The molecule has 3 unspecified atom stereocenters. The van der Waals surface area contributed by atoms with Crippen molar-refractivity contribution in [2.75, 3.05) is 17.8 Å².